The topological polar surface area (TPSA) is 373 Å². The van der Waals surface area contributed by atoms with E-state index in [1.807, 2.05) is 66.7 Å². The third-order valence-electron chi connectivity index (χ3n) is 18.6. The number of aliphatic carboxylic acids is 2. The zero-order valence-corrected chi connectivity index (χ0v) is 58.7. The lowest BCUT2D eigenvalue weighted by atomic mass is 9.85. The molecule has 4 aliphatic heterocycles. The molecule has 0 aromatic heterocycles. The smallest absolute Gasteiger partial charge is 0.326 e. The summed E-state index contributed by atoms with van der Waals surface area (Å²) in [7, 11) is 3.15. The van der Waals surface area contributed by atoms with Gasteiger partial charge in [0.25, 0.3) is 0 Å². The fraction of sp³-hybridized carbons (Fsp3) is 0.459. The molecular formula is C74H94N12O15. The first-order valence-electron chi connectivity index (χ1n) is 34.0. The molecule has 10 amide bonds. The van der Waals surface area contributed by atoms with Crippen LogP contribution in [0.1, 0.15) is 91.3 Å². The number of ether oxygens (including phenoxy) is 1. The Hall–Kier alpha value is -10.3. The van der Waals surface area contributed by atoms with E-state index in [0.717, 1.165) is 21.5 Å². The average Bonchev–Trinajstić information content (AvgIpc) is 1.78. The number of benzene rings is 5. The van der Waals surface area contributed by atoms with Gasteiger partial charge in [-0.2, -0.15) is 0 Å². The Morgan fingerprint density at radius 3 is 1.54 bits per heavy atom. The Balaban J connectivity index is 1.16. The SMILES string of the molecule is CN[C@@H](C)C(=O)NC(C(=O)N1C[C@@H]2C[C@H]1C(=O)N[C@@H](Cc1ccc3ccccc3c1)C(=O)N[C@H](C(=O)O)Cc1ccc(cc1)OC/C=C/C(=O)N1CCN(C(=O)[C@@H](NC(=O)[C@H](C)NC)C(C)(C)C)[C@@H](C1)C(=O)N[C@@H](Cc1ccc3ccccc3c1)C(=O)N[C@H](C(=O)O)CCC(=O)N2)C(C)(C)C. The van der Waals surface area contributed by atoms with E-state index < -0.39 is 168 Å². The summed E-state index contributed by atoms with van der Waals surface area (Å²) in [6.45, 7) is 12.4. The van der Waals surface area contributed by atoms with Crippen LogP contribution in [0.4, 0.5) is 0 Å². The summed E-state index contributed by atoms with van der Waals surface area (Å²) >= 11 is 0. The van der Waals surface area contributed by atoms with Crippen molar-refractivity contribution in [1.82, 2.24) is 62.6 Å². The molecule has 0 saturated carbocycles. The van der Waals surface area contributed by atoms with Gasteiger partial charge in [-0.1, -0.05) is 139 Å². The number of rotatable bonds is 14. The van der Waals surface area contributed by atoms with E-state index in [4.69, 9.17) is 4.74 Å². The number of likely N-dealkylation sites (tertiary alicyclic amines) is 1. The molecule has 4 aliphatic rings. The van der Waals surface area contributed by atoms with Gasteiger partial charge in [0.2, 0.25) is 59.1 Å². The van der Waals surface area contributed by atoms with Crippen molar-refractivity contribution < 1.29 is 72.5 Å². The third-order valence-corrected chi connectivity index (χ3v) is 18.6. The van der Waals surface area contributed by atoms with Gasteiger partial charge in [0.05, 0.1) is 18.6 Å². The Kier molecular flexibility index (Phi) is 25.5. The van der Waals surface area contributed by atoms with Gasteiger partial charge in [-0.05, 0) is 108 Å². The van der Waals surface area contributed by atoms with Gasteiger partial charge in [-0.25, -0.2) is 9.59 Å². The zero-order valence-electron chi connectivity index (χ0n) is 58.7. The Morgan fingerprint density at radius 1 is 0.564 bits per heavy atom. The van der Waals surface area contributed by atoms with Crippen molar-refractivity contribution in [2.75, 3.05) is 46.9 Å². The van der Waals surface area contributed by atoms with Gasteiger partial charge >= 0.3 is 11.9 Å². The third kappa shape index (κ3) is 20.2. The number of carboxylic acids is 2. The summed E-state index contributed by atoms with van der Waals surface area (Å²) in [4.78, 5) is 176. The molecule has 11 atom stereocenters. The van der Waals surface area contributed by atoms with Gasteiger partial charge in [-0.15, -0.1) is 0 Å². The van der Waals surface area contributed by atoms with Gasteiger partial charge in [0.1, 0.15) is 60.7 Å². The van der Waals surface area contributed by atoms with E-state index in [2.05, 4.69) is 47.9 Å². The highest BCUT2D eigenvalue weighted by molar-refractivity contribution is 5.99. The highest BCUT2D eigenvalue weighted by atomic mass is 16.5. The standard InChI is InChI=1S/C74H94N12O15/c1-42(75-9)63(89)82-61(73(3,4)5)69(95)85-32-31-84-41-58(85)68(94)80-54(37-45-21-25-47-16-11-13-18-49(47)34-45)65(91)78-53(71(97)98)29-30-59(87)77-51-39-57(86(40-51)70(96)62(74(6,7)8)83-64(90)43(2)76-10)67(93)79-55(38-46-22-26-48-17-12-14-19-50(48)35-46)66(92)81-56(72(99)100)36-44-23-27-52(28-24-44)101-33-15-20-60(84)88/h11-28,34-35,42-43,51,53-58,61-62,75-76H,29-33,36-41H2,1-10H3,(H,77,87)(H,78,91)(H,79,93)(H,80,94)(H,81,92)(H,82,89)(H,83,90)(H,97,98)(H,99,100)/b20-15+/t42-,43-,51-,53-,54-,55-,56-,57-,58-,61+,62?/m0/s1. The second-order valence-corrected chi connectivity index (χ2v) is 28.3. The minimum atomic E-state index is -1.77. The second-order valence-electron chi connectivity index (χ2n) is 28.3. The second kappa shape index (κ2) is 33.7. The number of amides is 10. The molecule has 27 nitrogen and oxygen atoms in total. The van der Waals surface area contributed by atoms with Crippen LogP contribution < -0.4 is 52.6 Å². The van der Waals surface area contributed by atoms with Crippen LogP contribution in [0.2, 0.25) is 0 Å². The number of nitrogens with one attached hydrogen (secondary N) is 9. The van der Waals surface area contributed by atoms with Crippen LogP contribution in [0.25, 0.3) is 21.5 Å². The molecule has 0 radical (unpaired) electrons. The number of hydrogen-bond acceptors (Lipinski definition) is 15. The van der Waals surface area contributed by atoms with Crippen LogP contribution in [0.3, 0.4) is 0 Å². The van der Waals surface area contributed by atoms with E-state index in [9.17, 15) is 53.4 Å². The van der Waals surface area contributed by atoms with Crippen molar-refractivity contribution in [1.29, 1.82) is 0 Å². The number of carbonyl (C=O) groups excluding carboxylic acids is 10. The summed E-state index contributed by atoms with van der Waals surface area (Å²) in [5.74, 6) is -9.97. The van der Waals surface area contributed by atoms with Crippen molar-refractivity contribution in [3.8, 4) is 5.75 Å². The summed E-state index contributed by atoms with van der Waals surface area (Å²) in [6, 6.07) is 17.8. The Labute approximate surface area is 587 Å². The molecule has 5 aromatic carbocycles. The first kappa shape index (κ1) is 76.5. The van der Waals surface area contributed by atoms with Gasteiger partial charge < -0.3 is 77.5 Å². The molecule has 2 saturated heterocycles. The highest BCUT2D eigenvalue weighted by Gasteiger charge is 2.48. The number of carboxylic acid groups (broad SMARTS) is 2. The quantitative estimate of drug-likeness (QED) is 0.0759. The summed E-state index contributed by atoms with van der Waals surface area (Å²) in [6.07, 6.45) is 0.738. The van der Waals surface area contributed by atoms with E-state index >= 15 is 14.4 Å². The van der Waals surface area contributed by atoms with Crippen molar-refractivity contribution in [2.45, 2.75) is 160 Å². The maximum Gasteiger partial charge on any atom is 0.326 e. The summed E-state index contributed by atoms with van der Waals surface area (Å²) in [5.41, 5.74) is -0.308. The number of likely N-dealkylation sites (N-methyl/N-ethyl adjacent to an activating group) is 2. The fourth-order valence-electron chi connectivity index (χ4n) is 12.4. The predicted octanol–water partition coefficient (Wildman–Crippen LogP) is 2.26. The average molecular weight is 1390 g/mol. The molecule has 0 spiro atoms. The molecule has 6 bridgehead atoms. The Morgan fingerprint density at radius 2 is 1.05 bits per heavy atom. The molecule has 5 aromatic rings. The first-order valence-corrected chi connectivity index (χ1v) is 34.0. The highest BCUT2D eigenvalue weighted by Crippen LogP contribution is 2.29. The molecular weight excluding hydrogens is 1300 g/mol. The summed E-state index contributed by atoms with van der Waals surface area (Å²) in [5, 5.41) is 49.6. The van der Waals surface area contributed by atoms with Crippen molar-refractivity contribution >= 4 is 92.6 Å². The number of fused-ring (bicyclic) bond motifs is 22. The largest absolute Gasteiger partial charge is 0.490 e. The normalized spacial score (nSPS) is 22.6. The molecule has 1 unspecified atom stereocenters. The van der Waals surface area contributed by atoms with Crippen molar-refractivity contribution in [3.05, 3.63) is 138 Å². The first-order chi connectivity index (χ1) is 47.8. The predicted molar refractivity (Wildman–Crippen MR) is 376 cm³/mol. The van der Waals surface area contributed by atoms with Gasteiger partial charge in [-0.3, -0.25) is 47.9 Å². The molecule has 540 valence electrons. The molecule has 27 heteroatoms. The molecule has 2 fully saturated rings. The molecule has 9 rings (SSSR count). The maximum absolute atomic E-state index is 15.2. The number of hydrogen-bond donors (Lipinski definition) is 11. The summed E-state index contributed by atoms with van der Waals surface area (Å²) < 4.78 is 5.95. The number of piperazine rings is 1. The van der Waals surface area contributed by atoms with Crippen LogP contribution in [0.5, 0.6) is 5.75 Å². The lowest BCUT2D eigenvalue weighted by molar-refractivity contribution is -0.151. The molecule has 11 N–H and O–H groups in total. The van der Waals surface area contributed by atoms with E-state index in [-0.39, 0.29) is 51.9 Å². The molecule has 101 heavy (non-hydrogen) atoms. The van der Waals surface area contributed by atoms with Crippen LogP contribution in [0.15, 0.2) is 121 Å². The van der Waals surface area contributed by atoms with Gasteiger partial charge in [0.15, 0.2) is 0 Å². The van der Waals surface area contributed by atoms with Crippen molar-refractivity contribution in [3.63, 3.8) is 0 Å². The maximum atomic E-state index is 15.2. The minimum absolute atomic E-state index is 0.0726. The van der Waals surface area contributed by atoms with Crippen LogP contribution >= 0.6 is 0 Å². The Bertz CT molecular complexity index is 3940. The van der Waals surface area contributed by atoms with E-state index in [1.165, 1.54) is 26.9 Å². The van der Waals surface area contributed by atoms with Crippen LogP contribution in [-0.2, 0) is 76.8 Å². The fourth-order valence-corrected chi connectivity index (χ4v) is 12.4. The van der Waals surface area contributed by atoms with Crippen LogP contribution in [-0.4, -0.2) is 209 Å². The van der Waals surface area contributed by atoms with E-state index in [0.29, 0.717) is 22.4 Å². The number of carbonyl (C=O) groups is 12. The lowest BCUT2D eigenvalue weighted by Gasteiger charge is -2.44. The minimum Gasteiger partial charge on any atom is -0.490 e. The van der Waals surface area contributed by atoms with Gasteiger partial charge in [0, 0.05) is 57.4 Å². The monoisotopic (exact) mass is 1390 g/mol. The van der Waals surface area contributed by atoms with Crippen molar-refractivity contribution in [2.24, 2.45) is 10.8 Å². The van der Waals surface area contributed by atoms with Crippen LogP contribution in [0, 0.1) is 10.8 Å². The van der Waals surface area contributed by atoms with E-state index in [1.54, 1.807) is 112 Å². The number of nitrogens with zero attached hydrogens (tertiary/aromatic N) is 3. The molecule has 0 aliphatic carbocycles. The zero-order chi connectivity index (χ0) is 73.6. The molecule has 4 heterocycles. The lowest BCUT2D eigenvalue weighted by Crippen LogP contribution is -2.67.